The SMILES string of the molecule is Clc1cccc(N2CCN(c3cnnc(NCc4ccccc4)n3)CC2)c1. The van der Waals surface area contributed by atoms with Crippen molar-refractivity contribution in [3.05, 3.63) is 71.4 Å². The van der Waals surface area contributed by atoms with E-state index >= 15 is 0 Å². The van der Waals surface area contributed by atoms with Crippen molar-refractivity contribution >= 4 is 29.1 Å². The molecule has 0 bridgehead atoms. The van der Waals surface area contributed by atoms with Crippen molar-refractivity contribution in [2.24, 2.45) is 0 Å². The Bertz CT molecular complexity index is 880. The molecule has 1 aliphatic rings. The summed E-state index contributed by atoms with van der Waals surface area (Å²) >= 11 is 6.11. The van der Waals surface area contributed by atoms with Crippen LogP contribution in [0, 0.1) is 0 Å². The smallest absolute Gasteiger partial charge is 0.244 e. The first-order valence-electron chi connectivity index (χ1n) is 9.01. The molecule has 1 fully saturated rings. The molecule has 0 unspecified atom stereocenters. The fraction of sp³-hybridized carbons (Fsp3) is 0.250. The molecule has 6 nitrogen and oxygen atoms in total. The summed E-state index contributed by atoms with van der Waals surface area (Å²) in [5.74, 6) is 1.40. The summed E-state index contributed by atoms with van der Waals surface area (Å²) in [5, 5.41) is 12.2. The van der Waals surface area contributed by atoms with Crippen LogP contribution in [0.1, 0.15) is 5.56 Å². The van der Waals surface area contributed by atoms with E-state index in [1.807, 2.05) is 36.4 Å². The highest BCUT2D eigenvalue weighted by Gasteiger charge is 2.19. The van der Waals surface area contributed by atoms with Crippen LogP contribution in [-0.2, 0) is 6.54 Å². The lowest BCUT2D eigenvalue weighted by atomic mass is 10.2. The van der Waals surface area contributed by atoms with Gasteiger partial charge in [0, 0.05) is 43.4 Å². The van der Waals surface area contributed by atoms with Gasteiger partial charge in [0.1, 0.15) is 0 Å². The second kappa shape index (κ2) is 8.22. The predicted molar refractivity (Wildman–Crippen MR) is 109 cm³/mol. The molecular weight excluding hydrogens is 360 g/mol. The number of hydrogen-bond acceptors (Lipinski definition) is 6. The van der Waals surface area contributed by atoms with Crippen molar-refractivity contribution < 1.29 is 0 Å². The van der Waals surface area contributed by atoms with Gasteiger partial charge in [0.25, 0.3) is 0 Å². The van der Waals surface area contributed by atoms with Gasteiger partial charge in [-0.15, -0.1) is 5.10 Å². The first-order chi connectivity index (χ1) is 13.3. The van der Waals surface area contributed by atoms with Crippen LogP contribution in [-0.4, -0.2) is 41.4 Å². The molecule has 0 radical (unpaired) electrons. The van der Waals surface area contributed by atoms with Crippen molar-refractivity contribution in [2.75, 3.05) is 41.3 Å². The molecule has 0 aliphatic carbocycles. The Morgan fingerprint density at radius 1 is 0.926 bits per heavy atom. The third kappa shape index (κ3) is 4.46. The van der Waals surface area contributed by atoms with Gasteiger partial charge in [0.15, 0.2) is 5.82 Å². The fourth-order valence-electron chi connectivity index (χ4n) is 3.17. The number of anilines is 3. The molecule has 1 N–H and O–H groups in total. The molecule has 2 aromatic carbocycles. The summed E-state index contributed by atoms with van der Waals surface area (Å²) in [6.07, 6.45) is 1.72. The number of nitrogens with one attached hydrogen (secondary N) is 1. The molecule has 0 spiro atoms. The van der Waals surface area contributed by atoms with E-state index < -0.39 is 0 Å². The molecule has 1 aliphatic heterocycles. The van der Waals surface area contributed by atoms with Crippen LogP contribution in [0.25, 0.3) is 0 Å². The average Bonchev–Trinajstić information content (AvgIpc) is 2.73. The van der Waals surface area contributed by atoms with Crippen molar-refractivity contribution in [2.45, 2.75) is 6.54 Å². The number of halogens is 1. The van der Waals surface area contributed by atoms with Crippen LogP contribution in [0.3, 0.4) is 0 Å². The zero-order chi connectivity index (χ0) is 18.5. The van der Waals surface area contributed by atoms with Crippen LogP contribution >= 0.6 is 11.6 Å². The maximum atomic E-state index is 6.11. The van der Waals surface area contributed by atoms with Gasteiger partial charge in [-0.1, -0.05) is 48.0 Å². The first-order valence-corrected chi connectivity index (χ1v) is 9.39. The second-order valence-electron chi connectivity index (χ2n) is 6.43. The average molecular weight is 381 g/mol. The molecule has 138 valence electrons. The van der Waals surface area contributed by atoms with Gasteiger partial charge in [-0.2, -0.15) is 10.1 Å². The third-order valence-corrected chi connectivity index (χ3v) is 4.85. The highest BCUT2D eigenvalue weighted by molar-refractivity contribution is 6.30. The second-order valence-corrected chi connectivity index (χ2v) is 6.87. The number of aromatic nitrogens is 3. The zero-order valence-corrected chi connectivity index (χ0v) is 15.7. The minimum Gasteiger partial charge on any atom is -0.368 e. The van der Waals surface area contributed by atoms with Crippen LogP contribution in [0.4, 0.5) is 17.5 Å². The standard InChI is InChI=1S/C20H21ClN6/c21-17-7-4-8-18(13-17)26-9-11-27(12-10-26)19-15-23-25-20(24-19)22-14-16-5-2-1-3-6-16/h1-8,13,15H,9-12,14H2,(H,22,24,25). The van der Waals surface area contributed by atoms with Gasteiger partial charge in [-0.3, -0.25) is 0 Å². The Morgan fingerprint density at radius 3 is 2.48 bits per heavy atom. The van der Waals surface area contributed by atoms with E-state index in [1.54, 1.807) is 6.20 Å². The van der Waals surface area contributed by atoms with E-state index in [0.29, 0.717) is 12.5 Å². The summed E-state index contributed by atoms with van der Waals surface area (Å²) in [7, 11) is 0. The van der Waals surface area contributed by atoms with Crippen LogP contribution in [0.15, 0.2) is 60.8 Å². The molecule has 0 amide bonds. The van der Waals surface area contributed by atoms with E-state index in [2.05, 4.69) is 48.5 Å². The lowest BCUT2D eigenvalue weighted by Gasteiger charge is -2.36. The molecule has 27 heavy (non-hydrogen) atoms. The first kappa shape index (κ1) is 17.5. The van der Waals surface area contributed by atoms with Crippen molar-refractivity contribution in [1.29, 1.82) is 0 Å². The van der Waals surface area contributed by atoms with E-state index in [4.69, 9.17) is 11.6 Å². The minimum absolute atomic E-state index is 0.550. The van der Waals surface area contributed by atoms with Crippen LogP contribution < -0.4 is 15.1 Å². The largest absolute Gasteiger partial charge is 0.368 e. The minimum atomic E-state index is 0.550. The van der Waals surface area contributed by atoms with Gasteiger partial charge in [0.05, 0.1) is 6.20 Å². The normalized spacial score (nSPS) is 14.3. The summed E-state index contributed by atoms with van der Waals surface area (Å²) in [5.41, 5.74) is 2.34. The Hall–Kier alpha value is -2.86. The summed E-state index contributed by atoms with van der Waals surface area (Å²) in [6.45, 7) is 4.26. The number of nitrogens with zero attached hydrogens (tertiary/aromatic N) is 5. The highest BCUT2D eigenvalue weighted by Crippen LogP contribution is 2.22. The van der Waals surface area contributed by atoms with Crippen LogP contribution in [0.5, 0.6) is 0 Å². The van der Waals surface area contributed by atoms with Crippen molar-refractivity contribution in [3.8, 4) is 0 Å². The van der Waals surface area contributed by atoms with E-state index in [-0.39, 0.29) is 0 Å². The number of rotatable bonds is 5. The fourth-order valence-corrected chi connectivity index (χ4v) is 3.35. The van der Waals surface area contributed by atoms with Gasteiger partial charge in [-0.05, 0) is 23.8 Å². The number of piperazine rings is 1. The molecule has 7 heteroatoms. The third-order valence-electron chi connectivity index (χ3n) is 4.62. The van der Waals surface area contributed by atoms with Crippen LogP contribution in [0.2, 0.25) is 5.02 Å². The number of hydrogen-bond donors (Lipinski definition) is 1. The maximum absolute atomic E-state index is 6.11. The molecule has 0 atom stereocenters. The zero-order valence-electron chi connectivity index (χ0n) is 14.9. The highest BCUT2D eigenvalue weighted by atomic mass is 35.5. The summed E-state index contributed by atoms with van der Waals surface area (Å²) in [4.78, 5) is 9.20. The number of benzene rings is 2. The monoisotopic (exact) mass is 380 g/mol. The van der Waals surface area contributed by atoms with Gasteiger partial charge in [-0.25, -0.2) is 0 Å². The predicted octanol–water partition coefficient (Wildman–Crippen LogP) is 3.46. The summed E-state index contributed by atoms with van der Waals surface area (Å²) < 4.78 is 0. The van der Waals surface area contributed by atoms with Gasteiger partial charge in [0.2, 0.25) is 5.95 Å². The molecule has 3 aromatic rings. The Morgan fingerprint density at radius 2 is 1.70 bits per heavy atom. The van der Waals surface area contributed by atoms with E-state index in [1.165, 1.54) is 5.56 Å². The van der Waals surface area contributed by atoms with Gasteiger partial charge >= 0.3 is 0 Å². The quantitative estimate of drug-likeness (QED) is 0.731. The molecule has 2 heterocycles. The topological polar surface area (TPSA) is 57.2 Å². The molecule has 4 rings (SSSR count). The summed E-state index contributed by atoms with van der Waals surface area (Å²) in [6, 6.07) is 18.2. The van der Waals surface area contributed by atoms with E-state index in [0.717, 1.165) is 42.7 Å². The lowest BCUT2D eigenvalue weighted by molar-refractivity contribution is 0.644. The molecular formula is C20H21ClN6. The molecule has 1 aromatic heterocycles. The molecule has 0 saturated carbocycles. The van der Waals surface area contributed by atoms with E-state index in [9.17, 15) is 0 Å². The Kier molecular flexibility index (Phi) is 5.34. The van der Waals surface area contributed by atoms with Gasteiger partial charge < -0.3 is 15.1 Å². The Labute approximate surface area is 163 Å². The van der Waals surface area contributed by atoms with Crippen molar-refractivity contribution in [3.63, 3.8) is 0 Å². The molecule has 1 saturated heterocycles. The Balaban J connectivity index is 1.37. The lowest BCUT2D eigenvalue weighted by Crippen LogP contribution is -2.47. The maximum Gasteiger partial charge on any atom is 0.244 e. The van der Waals surface area contributed by atoms with Crippen molar-refractivity contribution in [1.82, 2.24) is 15.2 Å².